The van der Waals surface area contributed by atoms with E-state index in [4.69, 9.17) is 16.3 Å². The lowest BCUT2D eigenvalue weighted by Gasteiger charge is -2.04. The van der Waals surface area contributed by atoms with Crippen LogP contribution in [-0.4, -0.2) is 12.4 Å². The van der Waals surface area contributed by atoms with E-state index in [0.29, 0.717) is 17.9 Å². The Balaban J connectivity index is 2.00. The van der Waals surface area contributed by atoms with Crippen molar-refractivity contribution in [1.82, 2.24) is 0 Å². The molecular weight excluding hydrogens is 305 g/mol. The second-order valence-corrected chi connectivity index (χ2v) is 4.81. The molecule has 0 heterocycles. The van der Waals surface area contributed by atoms with Gasteiger partial charge >= 0.3 is 0 Å². The van der Waals surface area contributed by atoms with Crippen LogP contribution in [0.25, 0.3) is 0 Å². The van der Waals surface area contributed by atoms with Gasteiger partial charge in [0.15, 0.2) is 11.6 Å². The van der Waals surface area contributed by atoms with Crippen LogP contribution in [0.1, 0.15) is 17.3 Å². The molecule has 5 heteroatoms. The SMILES string of the molecule is CCOc1ccc(C(=O)C=CNc2cccc(Cl)c2F)cc1. The van der Waals surface area contributed by atoms with Gasteiger partial charge in [-0.3, -0.25) is 4.79 Å². The summed E-state index contributed by atoms with van der Waals surface area (Å²) in [5.41, 5.74) is 0.733. The summed E-state index contributed by atoms with van der Waals surface area (Å²) in [5, 5.41) is 2.72. The Morgan fingerprint density at radius 2 is 2.00 bits per heavy atom. The number of ketones is 1. The lowest BCUT2D eigenvalue weighted by Crippen LogP contribution is -1.98. The number of rotatable bonds is 6. The Bertz CT molecular complexity index is 684. The number of carbonyl (C=O) groups excluding carboxylic acids is 1. The first-order valence-electron chi connectivity index (χ1n) is 6.76. The summed E-state index contributed by atoms with van der Waals surface area (Å²) in [6.07, 6.45) is 2.71. The minimum absolute atomic E-state index is 0.0243. The fourth-order valence-corrected chi connectivity index (χ4v) is 1.98. The van der Waals surface area contributed by atoms with Crippen LogP contribution in [0, 0.1) is 5.82 Å². The summed E-state index contributed by atoms with van der Waals surface area (Å²) >= 11 is 5.67. The summed E-state index contributed by atoms with van der Waals surface area (Å²) in [6.45, 7) is 2.46. The van der Waals surface area contributed by atoms with Gasteiger partial charge in [0.25, 0.3) is 0 Å². The molecule has 0 aromatic heterocycles. The number of halogens is 2. The predicted molar refractivity (Wildman–Crippen MR) is 86.1 cm³/mol. The van der Waals surface area contributed by atoms with Crippen molar-refractivity contribution < 1.29 is 13.9 Å². The number of benzene rings is 2. The molecule has 0 unspecified atom stereocenters. The van der Waals surface area contributed by atoms with E-state index in [0.717, 1.165) is 0 Å². The lowest BCUT2D eigenvalue weighted by molar-refractivity contribution is 0.104. The van der Waals surface area contributed by atoms with E-state index >= 15 is 0 Å². The Kier molecular flexibility index (Phi) is 5.55. The summed E-state index contributed by atoms with van der Waals surface area (Å²) in [5.74, 6) is -0.0394. The number of carbonyl (C=O) groups is 1. The van der Waals surface area contributed by atoms with E-state index in [1.807, 2.05) is 6.92 Å². The van der Waals surface area contributed by atoms with Gasteiger partial charge in [-0.1, -0.05) is 17.7 Å². The van der Waals surface area contributed by atoms with Crippen molar-refractivity contribution in [3.63, 3.8) is 0 Å². The van der Waals surface area contributed by atoms with Crippen LogP contribution in [0.3, 0.4) is 0 Å². The number of allylic oxidation sites excluding steroid dienone is 1. The van der Waals surface area contributed by atoms with Crippen molar-refractivity contribution in [2.75, 3.05) is 11.9 Å². The highest BCUT2D eigenvalue weighted by Crippen LogP contribution is 2.21. The molecule has 0 saturated heterocycles. The molecule has 3 nitrogen and oxygen atoms in total. The Hall–Kier alpha value is -2.33. The quantitative estimate of drug-likeness (QED) is 0.620. The van der Waals surface area contributed by atoms with E-state index in [9.17, 15) is 9.18 Å². The van der Waals surface area contributed by atoms with Gasteiger partial charge < -0.3 is 10.1 Å². The molecule has 0 spiro atoms. The topological polar surface area (TPSA) is 38.3 Å². The average molecular weight is 320 g/mol. The van der Waals surface area contributed by atoms with Crippen molar-refractivity contribution in [2.24, 2.45) is 0 Å². The maximum absolute atomic E-state index is 13.6. The molecule has 0 fully saturated rings. The molecule has 2 rings (SSSR count). The van der Waals surface area contributed by atoms with Crippen LogP contribution in [0.15, 0.2) is 54.7 Å². The molecule has 2 aromatic carbocycles. The largest absolute Gasteiger partial charge is 0.494 e. The highest BCUT2D eigenvalue weighted by atomic mass is 35.5. The summed E-state index contributed by atoms with van der Waals surface area (Å²) in [4.78, 5) is 12.0. The molecule has 0 atom stereocenters. The number of anilines is 1. The molecule has 0 bridgehead atoms. The zero-order valence-corrected chi connectivity index (χ0v) is 12.7. The van der Waals surface area contributed by atoms with Gasteiger partial charge in [0.2, 0.25) is 0 Å². The molecule has 2 aromatic rings. The third-order valence-corrected chi connectivity index (χ3v) is 3.17. The monoisotopic (exact) mass is 319 g/mol. The van der Waals surface area contributed by atoms with Crippen molar-refractivity contribution >= 4 is 23.1 Å². The molecule has 0 aliphatic rings. The first-order valence-corrected chi connectivity index (χ1v) is 7.14. The fourth-order valence-electron chi connectivity index (χ4n) is 1.80. The third-order valence-electron chi connectivity index (χ3n) is 2.87. The number of hydrogen-bond acceptors (Lipinski definition) is 3. The van der Waals surface area contributed by atoms with E-state index in [2.05, 4.69) is 5.32 Å². The molecule has 22 heavy (non-hydrogen) atoms. The standard InChI is InChI=1S/C17H15ClFNO2/c1-2-22-13-8-6-12(7-9-13)16(21)10-11-20-15-5-3-4-14(18)17(15)19/h3-11,20H,2H2,1H3. The highest BCUT2D eigenvalue weighted by Gasteiger charge is 2.05. The van der Waals surface area contributed by atoms with Crippen molar-refractivity contribution in [1.29, 1.82) is 0 Å². The van der Waals surface area contributed by atoms with Gasteiger partial charge in [0, 0.05) is 17.8 Å². The van der Waals surface area contributed by atoms with E-state index < -0.39 is 5.82 Å². The van der Waals surface area contributed by atoms with Crippen LogP contribution < -0.4 is 10.1 Å². The van der Waals surface area contributed by atoms with E-state index in [1.165, 1.54) is 24.4 Å². The second-order valence-electron chi connectivity index (χ2n) is 4.40. The minimum atomic E-state index is -0.553. The van der Waals surface area contributed by atoms with Gasteiger partial charge in [-0.05, 0) is 43.3 Å². The van der Waals surface area contributed by atoms with Gasteiger partial charge in [-0.15, -0.1) is 0 Å². The van der Waals surface area contributed by atoms with Crippen molar-refractivity contribution in [3.05, 3.63) is 71.1 Å². The maximum atomic E-state index is 13.6. The van der Waals surface area contributed by atoms with Crippen LogP contribution in [-0.2, 0) is 0 Å². The van der Waals surface area contributed by atoms with Gasteiger partial charge in [-0.2, -0.15) is 0 Å². The average Bonchev–Trinajstić information content (AvgIpc) is 2.52. The van der Waals surface area contributed by atoms with Crippen LogP contribution >= 0.6 is 11.6 Å². The number of ether oxygens (including phenoxy) is 1. The molecule has 1 N–H and O–H groups in total. The fraction of sp³-hybridized carbons (Fsp3) is 0.118. The second kappa shape index (κ2) is 7.61. The Labute approximate surface area is 133 Å². The first kappa shape index (κ1) is 16.0. The number of hydrogen-bond donors (Lipinski definition) is 1. The summed E-state index contributed by atoms with van der Waals surface area (Å²) in [7, 11) is 0. The molecule has 0 saturated carbocycles. The molecule has 0 aliphatic carbocycles. The zero-order valence-electron chi connectivity index (χ0n) is 12.0. The smallest absolute Gasteiger partial charge is 0.187 e. The summed E-state index contributed by atoms with van der Waals surface area (Å²) < 4.78 is 18.9. The van der Waals surface area contributed by atoms with E-state index in [-0.39, 0.29) is 16.5 Å². The molecule has 114 valence electrons. The minimum Gasteiger partial charge on any atom is -0.494 e. The molecular formula is C17H15ClFNO2. The van der Waals surface area contributed by atoms with Crippen molar-refractivity contribution in [2.45, 2.75) is 6.92 Å². The Morgan fingerprint density at radius 3 is 2.68 bits per heavy atom. The van der Waals surface area contributed by atoms with Crippen LogP contribution in [0.5, 0.6) is 5.75 Å². The maximum Gasteiger partial charge on any atom is 0.187 e. The van der Waals surface area contributed by atoms with E-state index in [1.54, 1.807) is 30.3 Å². The molecule has 0 amide bonds. The Morgan fingerprint density at radius 1 is 1.27 bits per heavy atom. The summed E-state index contributed by atoms with van der Waals surface area (Å²) in [6, 6.07) is 11.4. The molecule has 0 radical (unpaired) electrons. The normalized spacial score (nSPS) is 10.7. The third kappa shape index (κ3) is 4.09. The predicted octanol–water partition coefficient (Wildman–Crippen LogP) is 4.69. The van der Waals surface area contributed by atoms with Gasteiger partial charge in [0.1, 0.15) is 5.75 Å². The molecule has 0 aliphatic heterocycles. The van der Waals surface area contributed by atoms with Crippen molar-refractivity contribution in [3.8, 4) is 5.75 Å². The van der Waals surface area contributed by atoms with Gasteiger partial charge in [0.05, 0.1) is 17.3 Å². The lowest BCUT2D eigenvalue weighted by atomic mass is 10.1. The zero-order chi connectivity index (χ0) is 15.9. The van der Waals surface area contributed by atoms with Gasteiger partial charge in [-0.25, -0.2) is 4.39 Å². The van der Waals surface area contributed by atoms with Crippen LogP contribution in [0.4, 0.5) is 10.1 Å². The van der Waals surface area contributed by atoms with Crippen LogP contribution in [0.2, 0.25) is 5.02 Å². The first-order chi connectivity index (χ1) is 10.6. The number of nitrogens with one attached hydrogen (secondary N) is 1. The highest BCUT2D eigenvalue weighted by molar-refractivity contribution is 6.31.